The molecule has 0 saturated carbocycles. The molecule has 0 aromatic heterocycles. The van der Waals surface area contributed by atoms with Crippen LogP contribution in [0.15, 0.2) is 60.7 Å². The highest BCUT2D eigenvalue weighted by Gasteiger charge is 2.41. The third kappa shape index (κ3) is 10.8. The average Bonchev–Trinajstić information content (AvgIpc) is 2.85. The van der Waals surface area contributed by atoms with Gasteiger partial charge in [0.05, 0.1) is 20.6 Å². The van der Waals surface area contributed by atoms with Gasteiger partial charge in [-0.1, -0.05) is 119 Å². The van der Waals surface area contributed by atoms with Crippen LogP contribution in [0.2, 0.25) is 0 Å². The highest BCUT2D eigenvalue weighted by Crippen LogP contribution is 2.31. The van der Waals surface area contributed by atoms with Gasteiger partial charge in [0.15, 0.2) is 0 Å². The zero-order valence-corrected chi connectivity index (χ0v) is 23.6. The maximum Gasteiger partial charge on any atom is 0.347 e. The second-order valence-corrected chi connectivity index (χ2v) is 10.1. The Morgan fingerprint density at radius 2 is 1.17 bits per heavy atom. The number of rotatable bonds is 17. The first kappa shape index (κ1) is 31.3. The van der Waals surface area contributed by atoms with Gasteiger partial charge in [0.2, 0.25) is 5.60 Å². The molecule has 0 bridgehead atoms. The summed E-state index contributed by atoms with van der Waals surface area (Å²) in [6.07, 6.45) is 13.3. The maximum absolute atomic E-state index is 13.1. The fourth-order valence-electron chi connectivity index (χ4n) is 4.39. The minimum Gasteiger partial charge on any atom is -1.00 e. The lowest BCUT2D eigenvalue weighted by atomic mass is 9.86. The summed E-state index contributed by atoms with van der Waals surface area (Å²) >= 11 is 0. The molecule has 5 heteroatoms. The van der Waals surface area contributed by atoms with Gasteiger partial charge >= 0.3 is 5.97 Å². The first-order valence-electron chi connectivity index (χ1n) is 13.2. The van der Waals surface area contributed by atoms with Crippen molar-refractivity contribution in [1.29, 1.82) is 0 Å². The molecule has 0 aliphatic heterocycles. The molecule has 0 unspecified atom stereocenters. The zero-order chi connectivity index (χ0) is 24.7. The van der Waals surface area contributed by atoms with Crippen molar-refractivity contribution in [3.05, 3.63) is 71.8 Å². The molecule has 196 valence electrons. The number of esters is 1. The average molecular weight is 549 g/mol. The van der Waals surface area contributed by atoms with Crippen LogP contribution in [0.5, 0.6) is 0 Å². The molecule has 0 aliphatic carbocycles. The van der Waals surface area contributed by atoms with Crippen molar-refractivity contribution in [2.24, 2.45) is 0 Å². The van der Waals surface area contributed by atoms with Crippen LogP contribution in [0, 0.1) is 0 Å². The standard InChI is InChI=1S/C30H46NO3.BrH/c1-4-5-6-7-8-9-10-11-12-19-24-31(2,3)25-26-34-29(32)30(33,27-20-15-13-16-21-27)28-22-17-14-18-23-28;/h13-18,20-23,33H,4-12,19,24-26H2,1-3H3;1H/q+1;/p-1. The van der Waals surface area contributed by atoms with Gasteiger partial charge in [-0.15, -0.1) is 0 Å². The van der Waals surface area contributed by atoms with Gasteiger partial charge in [0.25, 0.3) is 0 Å². The van der Waals surface area contributed by atoms with Crippen molar-refractivity contribution >= 4 is 5.97 Å². The molecule has 0 aliphatic rings. The van der Waals surface area contributed by atoms with Gasteiger partial charge in [0, 0.05) is 0 Å². The largest absolute Gasteiger partial charge is 1.00 e. The van der Waals surface area contributed by atoms with E-state index in [9.17, 15) is 9.90 Å². The molecule has 2 aromatic rings. The highest BCUT2D eigenvalue weighted by atomic mass is 79.9. The van der Waals surface area contributed by atoms with Gasteiger partial charge in [-0.3, -0.25) is 0 Å². The van der Waals surface area contributed by atoms with E-state index in [2.05, 4.69) is 21.0 Å². The normalized spacial score (nSPS) is 11.7. The van der Waals surface area contributed by atoms with Gasteiger partial charge in [0.1, 0.15) is 13.2 Å². The molecule has 4 nitrogen and oxygen atoms in total. The highest BCUT2D eigenvalue weighted by molar-refractivity contribution is 5.85. The van der Waals surface area contributed by atoms with E-state index < -0.39 is 11.6 Å². The van der Waals surface area contributed by atoms with Crippen LogP contribution < -0.4 is 17.0 Å². The Labute approximate surface area is 224 Å². The quantitative estimate of drug-likeness (QED) is 0.187. The number of aliphatic hydroxyl groups is 1. The second-order valence-electron chi connectivity index (χ2n) is 10.1. The Morgan fingerprint density at radius 1 is 0.743 bits per heavy atom. The number of hydrogen-bond acceptors (Lipinski definition) is 3. The summed E-state index contributed by atoms with van der Waals surface area (Å²) in [5.41, 5.74) is -0.772. The predicted octanol–water partition coefficient (Wildman–Crippen LogP) is 3.47. The van der Waals surface area contributed by atoms with Gasteiger partial charge < -0.3 is 31.3 Å². The van der Waals surface area contributed by atoms with E-state index in [1.165, 1.54) is 64.2 Å². The van der Waals surface area contributed by atoms with Crippen LogP contribution >= 0.6 is 0 Å². The minimum atomic E-state index is -1.81. The van der Waals surface area contributed by atoms with Crippen molar-refractivity contribution in [3.63, 3.8) is 0 Å². The number of likely N-dealkylation sites (N-methyl/N-ethyl adjacent to an activating group) is 1. The number of carbonyl (C=O) groups excluding carboxylic acids is 1. The van der Waals surface area contributed by atoms with E-state index in [4.69, 9.17) is 4.74 Å². The monoisotopic (exact) mass is 547 g/mol. The Hall–Kier alpha value is -1.69. The fourth-order valence-corrected chi connectivity index (χ4v) is 4.39. The van der Waals surface area contributed by atoms with Crippen molar-refractivity contribution in [3.8, 4) is 0 Å². The third-order valence-corrected chi connectivity index (χ3v) is 6.73. The van der Waals surface area contributed by atoms with Gasteiger partial charge in [-0.25, -0.2) is 4.79 Å². The van der Waals surface area contributed by atoms with E-state index >= 15 is 0 Å². The summed E-state index contributed by atoms with van der Waals surface area (Å²) in [7, 11) is 4.37. The molecular weight excluding hydrogens is 502 g/mol. The topological polar surface area (TPSA) is 46.5 Å². The van der Waals surface area contributed by atoms with Crippen LogP contribution in [0.1, 0.15) is 82.3 Å². The van der Waals surface area contributed by atoms with E-state index in [-0.39, 0.29) is 23.6 Å². The summed E-state index contributed by atoms with van der Waals surface area (Å²) in [5.74, 6) is -0.621. The second kappa shape index (κ2) is 16.9. The molecule has 0 fully saturated rings. The molecule has 0 radical (unpaired) electrons. The van der Waals surface area contributed by atoms with E-state index in [1.54, 1.807) is 24.3 Å². The third-order valence-electron chi connectivity index (χ3n) is 6.73. The molecule has 0 spiro atoms. The summed E-state index contributed by atoms with van der Waals surface area (Å²) in [5, 5.41) is 11.5. The number of unbranched alkanes of at least 4 members (excludes halogenated alkanes) is 9. The maximum atomic E-state index is 13.1. The number of halogens is 1. The van der Waals surface area contributed by atoms with E-state index in [1.807, 2.05) is 36.4 Å². The molecule has 0 atom stereocenters. The molecule has 0 heterocycles. The Balaban J connectivity index is 0.00000612. The van der Waals surface area contributed by atoms with Crippen LogP contribution in [0.25, 0.3) is 0 Å². The smallest absolute Gasteiger partial charge is 0.347 e. The number of hydrogen-bond donors (Lipinski definition) is 1. The van der Waals surface area contributed by atoms with Crippen molar-refractivity contribution < 1.29 is 36.1 Å². The van der Waals surface area contributed by atoms with E-state index in [0.717, 1.165) is 17.6 Å². The van der Waals surface area contributed by atoms with Crippen molar-refractivity contribution in [2.45, 2.75) is 76.7 Å². The fraction of sp³-hybridized carbons (Fsp3) is 0.567. The molecular formula is C30H46BrNO3. The molecule has 2 rings (SSSR count). The number of carbonyl (C=O) groups is 1. The summed E-state index contributed by atoms with van der Waals surface area (Å²) < 4.78 is 6.45. The van der Waals surface area contributed by atoms with Gasteiger partial charge in [-0.05, 0) is 24.0 Å². The summed E-state index contributed by atoms with van der Waals surface area (Å²) in [6, 6.07) is 18.1. The summed E-state index contributed by atoms with van der Waals surface area (Å²) in [4.78, 5) is 13.1. The SMILES string of the molecule is CCCCCCCCCCCC[N+](C)(C)CCOC(=O)C(O)(c1ccccc1)c1ccccc1.[Br-]. The first-order valence-corrected chi connectivity index (χ1v) is 13.2. The van der Waals surface area contributed by atoms with Crippen molar-refractivity contribution in [1.82, 2.24) is 0 Å². The predicted molar refractivity (Wildman–Crippen MR) is 141 cm³/mol. The molecule has 0 saturated heterocycles. The van der Waals surface area contributed by atoms with Gasteiger partial charge in [-0.2, -0.15) is 0 Å². The molecule has 0 amide bonds. The Bertz CT molecular complexity index is 771. The van der Waals surface area contributed by atoms with Crippen LogP contribution in [0.3, 0.4) is 0 Å². The lowest BCUT2D eigenvalue weighted by Gasteiger charge is -2.31. The first-order chi connectivity index (χ1) is 16.4. The van der Waals surface area contributed by atoms with E-state index in [0.29, 0.717) is 11.1 Å². The van der Waals surface area contributed by atoms with Crippen molar-refractivity contribution in [2.75, 3.05) is 33.8 Å². The zero-order valence-electron chi connectivity index (χ0n) is 22.1. The van der Waals surface area contributed by atoms with Crippen LogP contribution in [-0.2, 0) is 15.1 Å². The Morgan fingerprint density at radius 3 is 1.63 bits per heavy atom. The number of nitrogens with zero attached hydrogens (tertiary/aromatic N) is 1. The lowest BCUT2D eigenvalue weighted by molar-refractivity contribution is -0.890. The van der Waals surface area contributed by atoms with Crippen LogP contribution in [-0.4, -0.2) is 49.4 Å². The molecule has 35 heavy (non-hydrogen) atoms. The number of quaternary nitrogens is 1. The lowest BCUT2D eigenvalue weighted by Crippen LogP contribution is -3.00. The number of benzene rings is 2. The minimum absolute atomic E-state index is 0. The number of ether oxygens (including phenoxy) is 1. The summed E-state index contributed by atoms with van der Waals surface area (Å²) in [6.45, 7) is 4.34. The Kier molecular flexibility index (Phi) is 15.1. The molecule has 2 aromatic carbocycles. The molecule has 1 N–H and O–H groups in total. The van der Waals surface area contributed by atoms with Crippen LogP contribution in [0.4, 0.5) is 0 Å².